The number of nitrogens with zero attached hydrogens (tertiary/aromatic N) is 2. The van der Waals surface area contributed by atoms with Crippen LogP contribution in [-0.4, -0.2) is 15.8 Å². The Hall–Kier alpha value is -2.83. The van der Waals surface area contributed by atoms with E-state index in [1.54, 1.807) is 6.92 Å². The first kappa shape index (κ1) is 13.6. The van der Waals surface area contributed by atoms with Crippen molar-refractivity contribution in [1.29, 1.82) is 0 Å². The average Bonchev–Trinajstić information content (AvgIpc) is 2.41. The SMILES string of the molecule is Cc1ccc([N+](=O)[O-])cc1NC(=O)c1ccc(F)nc1. The number of halogens is 1. The highest BCUT2D eigenvalue weighted by Crippen LogP contribution is 2.22. The molecule has 0 aliphatic carbocycles. The molecule has 0 unspecified atom stereocenters. The number of nitro groups is 1. The minimum absolute atomic E-state index is 0.122. The van der Waals surface area contributed by atoms with Crippen molar-refractivity contribution in [2.45, 2.75) is 6.92 Å². The molecule has 0 saturated carbocycles. The predicted molar refractivity (Wildman–Crippen MR) is 70.0 cm³/mol. The van der Waals surface area contributed by atoms with Gasteiger partial charge in [-0.05, 0) is 24.6 Å². The minimum Gasteiger partial charge on any atom is -0.321 e. The molecule has 0 spiro atoms. The van der Waals surface area contributed by atoms with Crippen molar-refractivity contribution in [1.82, 2.24) is 4.98 Å². The molecule has 0 saturated heterocycles. The third-order valence-electron chi connectivity index (χ3n) is 2.67. The quantitative estimate of drug-likeness (QED) is 0.530. The van der Waals surface area contributed by atoms with Gasteiger partial charge in [0.15, 0.2) is 0 Å². The van der Waals surface area contributed by atoms with Crippen LogP contribution in [0.4, 0.5) is 15.8 Å². The van der Waals surface area contributed by atoms with E-state index >= 15 is 0 Å². The maximum atomic E-state index is 12.7. The first-order valence-corrected chi connectivity index (χ1v) is 5.65. The molecular formula is C13H10FN3O3. The number of amides is 1. The second kappa shape index (κ2) is 5.43. The summed E-state index contributed by atoms with van der Waals surface area (Å²) in [6.07, 6.45) is 1.09. The van der Waals surface area contributed by atoms with Gasteiger partial charge in [-0.3, -0.25) is 14.9 Å². The molecule has 20 heavy (non-hydrogen) atoms. The average molecular weight is 275 g/mol. The fourth-order valence-electron chi connectivity index (χ4n) is 1.56. The molecule has 1 amide bonds. The summed E-state index contributed by atoms with van der Waals surface area (Å²) in [4.78, 5) is 25.4. The highest BCUT2D eigenvalue weighted by molar-refractivity contribution is 6.04. The molecule has 1 aromatic carbocycles. The number of rotatable bonds is 3. The summed E-state index contributed by atoms with van der Waals surface area (Å²) in [5, 5.41) is 13.2. The number of carbonyl (C=O) groups excluding carboxylic acids is 1. The number of hydrogen-bond acceptors (Lipinski definition) is 4. The Morgan fingerprint density at radius 3 is 2.70 bits per heavy atom. The van der Waals surface area contributed by atoms with E-state index in [1.807, 2.05) is 0 Å². The van der Waals surface area contributed by atoms with Gasteiger partial charge >= 0.3 is 0 Å². The molecule has 6 nitrogen and oxygen atoms in total. The lowest BCUT2D eigenvalue weighted by Crippen LogP contribution is -2.13. The molecule has 0 bridgehead atoms. The Labute approximate surface area is 113 Å². The molecule has 1 aromatic heterocycles. The normalized spacial score (nSPS) is 10.1. The summed E-state index contributed by atoms with van der Waals surface area (Å²) in [6.45, 7) is 1.71. The van der Waals surface area contributed by atoms with Gasteiger partial charge in [-0.25, -0.2) is 4.98 Å². The van der Waals surface area contributed by atoms with Crippen molar-refractivity contribution in [2.24, 2.45) is 0 Å². The van der Waals surface area contributed by atoms with Crippen LogP contribution in [0.2, 0.25) is 0 Å². The maximum absolute atomic E-state index is 12.7. The number of nitrogens with one attached hydrogen (secondary N) is 1. The third kappa shape index (κ3) is 2.94. The number of hydrogen-bond donors (Lipinski definition) is 1. The van der Waals surface area contributed by atoms with Crippen molar-refractivity contribution < 1.29 is 14.1 Å². The molecule has 0 aliphatic heterocycles. The summed E-state index contributed by atoms with van der Waals surface area (Å²) in [7, 11) is 0. The van der Waals surface area contributed by atoms with E-state index in [-0.39, 0.29) is 11.3 Å². The minimum atomic E-state index is -0.687. The van der Waals surface area contributed by atoms with E-state index in [4.69, 9.17) is 0 Å². The number of benzene rings is 1. The Kier molecular flexibility index (Phi) is 3.69. The van der Waals surface area contributed by atoms with Crippen molar-refractivity contribution in [2.75, 3.05) is 5.32 Å². The molecule has 1 heterocycles. The van der Waals surface area contributed by atoms with Gasteiger partial charge in [0.25, 0.3) is 11.6 Å². The largest absolute Gasteiger partial charge is 0.321 e. The summed E-state index contributed by atoms with van der Waals surface area (Å²) in [6, 6.07) is 6.50. The topological polar surface area (TPSA) is 85.1 Å². The number of aromatic nitrogens is 1. The Bertz CT molecular complexity index is 671. The van der Waals surface area contributed by atoms with Crippen LogP contribution < -0.4 is 5.32 Å². The van der Waals surface area contributed by atoms with Gasteiger partial charge in [-0.1, -0.05) is 6.07 Å². The number of aryl methyl sites for hydroxylation is 1. The Balaban J connectivity index is 2.25. The summed E-state index contributed by atoms with van der Waals surface area (Å²) < 4.78 is 12.7. The van der Waals surface area contributed by atoms with Gasteiger partial charge < -0.3 is 5.32 Å². The summed E-state index contributed by atoms with van der Waals surface area (Å²) in [5.74, 6) is -1.20. The summed E-state index contributed by atoms with van der Waals surface area (Å²) >= 11 is 0. The van der Waals surface area contributed by atoms with E-state index in [0.29, 0.717) is 11.3 Å². The van der Waals surface area contributed by atoms with Crippen LogP contribution in [0, 0.1) is 23.0 Å². The molecule has 2 rings (SSSR count). The van der Waals surface area contributed by atoms with Gasteiger partial charge in [0.2, 0.25) is 5.95 Å². The van der Waals surface area contributed by atoms with E-state index in [2.05, 4.69) is 10.3 Å². The lowest BCUT2D eigenvalue weighted by molar-refractivity contribution is -0.384. The smallest absolute Gasteiger partial charge is 0.271 e. The zero-order valence-electron chi connectivity index (χ0n) is 10.5. The van der Waals surface area contributed by atoms with E-state index in [9.17, 15) is 19.3 Å². The second-order valence-electron chi connectivity index (χ2n) is 4.08. The van der Waals surface area contributed by atoms with Crippen LogP contribution in [-0.2, 0) is 0 Å². The van der Waals surface area contributed by atoms with Gasteiger partial charge in [-0.2, -0.15) is 4.39 Å². The number of non-ortho nitro benzene ring substituents is 1. The number of pyridine rings is 1. The van der Waals surface area contributed by atoms with Crippen molar-refractivity contribution in [3.8, 4) is 0 Å². The van der Waals surface area contributed by atoms with Gasteiger partial charge in [-0.15, -0.1) is 0 Å². The van der Waals surface area contributed by atoms with Crippen LogP contribution in [0.25, 0.3) is 0 Å². The molecular weight excluding hydrogens is 265 g/mol. The third-order valence-corrected chi connectivity index (χ3v) is 2.67. The van der Waals surface area contributed by atoms with E-state index < -0.39 is 16.8 Å². The van der Waals surface area contributed by atoms with Crippen LogP contribution in [0.3, 0.4) is 0 Å². The van der Waals surface area contributed by atoms with Crippen LogP contribution >= 0.6 is 0 Å². The first-order chi connectivity index (χ1) is 9.47. The monoisotopic (exact) mass is 275 g/mol. The zero-order chi connectivity index (χ0) is 14.7. The molecule has 102 valence electrons. The molecule has 1 N–H and O–H groups in total. The molecule has 7 heteroatoms. The van der Waals surface area contributed by atoms with E-state index in [1.165, 1.54) is 24.3 Å². The Morgan fingerprint density at radius 2 is 2.10 bits per heavy atom. The fraction of sp³-hybridized carbons (Fsp3) is 0.0769. The standard InChI is InChI=1S/C13H10FN3O3/c1-8-2-4-10(17(19)20)6-11(8)16-13(18)9-3-5-12(14)15-7-9/h2-7H,1H3,(H,16,18). The molecule has 0 radical (unpaired) electrons. The highest BCUT2D eigenvalue weighted by Gasteiger charge is 2.12. The van der Waals surface area contributed by atoms with Gasteiger partial charge in [0, 0.05) is 18.3 Å². The van der Waals surface area contributed by atoms with Crippen LogP contribution in [0.1, 0.15) is 15.9 Å². The lowest BCUT2D eigenvalue weighted by Gasteiger charge is -2.08. The van der Waals surface area contributed by atoms with Gasteiger partial charge in [0.1, 0.15) is 0 Å². The van der Waals surface area contributed by atoms with Gasteiger partial charge in [0.05, 0.1) is 16.2 Å². The first-order valence-electron chi connectivity index (χ1n) is 5.65. The maximum Gasteiger partial charge on any atom is 0.271 e. The van der Waals surface area contributed by atoms with Crippen molar-refractivity contribution in [3.05, 3.63) is 63.7 Å². The van der Waals surface area contributed by atoms with Crippen LogP contribution in [0.5, 0.6) is 0 Å². The number of carbonyl (C=O) groups is 1. The van der Waals surface area contributed by atoms with Crippen molar-refractivity contribution in [3.63, 3.8) is 0 Å². The fourth-order valence-corrected chi connectivity index (χ4v) is 1.56. The highest BCUT2D eigenvalue weighted by atomic mass is 19.1. The predicted octanol–water partition coefficient (Wildman–Crippen LogP) is 2.69. The molecule has 2 aromatic rings. The molecule has 0 atom stereocenters. The summed E-state index contributed by atoms with van der Waals surface area (Å²) in [5.41, 5.74) is 1.05. The Morgan fingerprint density at radius 1 is 1.35 bits per heavy atom. The zero-order valence-corrected chi connectivity index (χ0v) is 10.5. The lowest BCUT2D eigenvalue weighted by atomic mass is 10.1. The van der Waals surface area contributed by atoms with Crippen LogP contribution in [0.15, 0.2) is 36.5 Å². The van der Waals surface area contributed by atoms with Crippen molar-refractivity contribution >= 4 is 17.3 Å². The van der Waals surface area contributed by atoms with E-state index in [0.717, 1.165) is 12.3 Å². The second-order valence-corrected chi connectivity index (χ2v) is 4.08. The number of nitro benzene ring substituents is 1. The molecule has 0 fully saturated rings. The number of anilines is 1. The molecule has 0 aliphatic rings.